The Balaban J connectivity index is 1.75. The number of carbonyl (C=O) groups excluding carboxylic acids is 4. The van der Waals surface area contributed by atoms with Gasteiger partial charge in [0.15, 0.2) is 5.78 Å². The Morgan fingerprint density at radius 3 is 2.29 bits per heavy atom. The number of aryl methyl sites for hydroxylation is 2. The minimum absolute atomic E-state index is 0.0574. The summed E-state index contributed by atoms with van der Waals surface area (Å²) in [6, 6.07) is 14.2. The molecule has 1 N–H and O–H groups in total. The third-order valence-corrected chi connectivity index (χ3v) is 6.95. The molecule has 1 aliphatic heterocycles. The zero-order chi connectivity index (χ0) is 25.4. The average Bonchev–Trinajstić information content (AvgIpc) is 3.14. The van der Waals surface area contributed by atoms with Crippen LogP contribution in [0, 0.1) is 19.8 Å². The Kier molecular flexibility index (Phi) is 7.12. The molecule has 9 heteroatoms. The molecule has 6 nitrogen and oxygen atoms in total. The molecule has 0 fully saturated rings. The van der Waals surface area contributed by atoms with Crippen LogP contribution in [-0.4, -0.2) is 23.4 Å². The number of halogens is 3. The van der Waals surface area contributed by atoms with Gasteiger partial charge in [0.1, 0.15) is 12.0 Å². The van der Waals surface area contributed by atoms with Gasteiger partial charge >= 0.3 is 5.97 Å². The zero-order valence-electron chi connectivity index (χ0n) is 18.5. The summed E-state index contributed by atoms with van der Waals surface area (Å²) in [6.07, 6.45) is -1.27. The van der Waals surface area contributed by atoms with E-state index in [1.807, 2.05) is 0 Å². The largest absolute Gasteiger partial charge is 0.453 e. The van der Waals surface area contributed by atoms with Crippen LogP contribution in [0.5, 0.6) is 0 Å². The van der Waals surface area contributed by atoms with Crippen LogP contribution in [-0.2, 0) is 14.3 Å². The highest BCUT2D eigenvalue weighted by Gasteiger charge is 2.46. The monoisotopic (exact) mass is 573 g/mol. The smallest absolute Gasteiger partial charge is 0.339 e. The fourth-order valence-electron chi connectivity index (χ4n) is 4.07. The highest BCUT2D eigenvalue weighted by molar-refractivity contribution is 9.10. The maximum absolute atomic E-state index is 13.6. The van der Waals surface area contributed by atoms with Gasteiger partial charge in [0.25, 0.3) is 5.91 Å². The summed E-state index contributed by atoms with van der Waals surface area (Å²) >= 11 is 15.5. The Morgan fingerprint density at radius 1 is 0.971 bits per heavy atom. The first-order valence-corrected chi connectivity index (χ1v) is 12.0. The van der Waals surface area contributed by atoms with Gasteiger partial charge in [-0.2, -0.15) is 0 Å². The maximum Gasteiger partial charge on any atom is 0.339 e. The second-order valence-corrected chi connectivity index (χ2v) is 9.85. The average molecular weight is 575 g/mol. The van der Waals surface area contributed by atoms with Crippen LogP contribution in [0.25, 0.3) is 0 Å². The van der Waals surface area contributed by atoms with Crippen LogP contribution < -0.4 is 5.32 Å². The Labute approximate surface area is 219 Å². The van der Waals surface area contributed by atoms with Gasteiger partial charge in [0.2, 0.25) is 5.78 Å². The third-order valence-electron chi connectivity index (χ3n) is 5.75. The first-order chi connectivity index (χ1) is 16.6. The second-order valence-electron chi connectivity index (χ2n) is 8.12. The van der Waals surface area contributed by atoms with Crippen LogP contribution in [0.1, 0.15) is 43.5 Å². The van der Waals surface area contributed by atoms with Crippen LogP contribution in [0.4, 0.5) is 5.69 Å². The summed E-state index contributed by atoms with van der Waals surface area (Å²) in [7, 11) is 0. The predicted molar refractivity (Wildman–Crippen MR) is 136 cm³/mol. The van der Waals surface area contributed by atoms with E-state index in [9.17, 15) is 19.2 Å². The number of anilines is 1. The number of amides is 1. The van der Waals surface area contributed by atoms with Crippen molar-refractivity contribution in [2.75, 3.05) is 5.32 Å². The van der Waals surface area contributed by atoms with E-state index in [1.165, 1.54) is 24.3 Å². The fraction of sp³-hybridized carbons (Fsp3) is 0.154. The van der Waals surface area contributed by atoms with E-state index < -0.39 is 35.5 Å². The summed E-state index contributed by atoms with van der Waals surface area (Å²) < 4.78 is 6.27. The molecule has 0 saturated heterocycles. The number of carbonyl (C=O) groups is 4. The van der Waals surface area contributed by atoms with Gasteiger partial charge in [-0.15, -0.1) is 0 Å². The summed E-state index contributed by atoms with van der Waals surface area (Å²) in [6.45, 7) is 3.57. The molecule has 0 bridgehead atoms. The van der Waals surface area contributed by atoms with Crippen molar-refractivity contribution in [3.8, 4) is 0 Å². The molecule has 0 aliphatic carbocycles. The van der Waals surface area contributed by atoms with E-state index in [0.29, 0.717) is 11.3 Å². The molecule has 1 heterocycles. The van der Waals surface area contributed by atoms with E-state index in [-0.39, 0.29) is 21.2 Å². The van der Waals surface area contributed by atoms with Crippen molar-refractivity contribution >= 4 is 68.3 Å². The lowest BCUT2D eigenvalue weighted by Gasteiger charge is -2.21. The standard InChI is InChI=1S/C26H18BrCl2NO5/c1-12-9-15(27)10-13(2)21(12)30-25(33)23(32)20(22(31)14-7-8-18(28)19(29)11-14)24-16-5-3-4-6-17(16)26(34)35-24/h3-11,20,24H,1-2H3,(H,30,33)/t20-,24-/m0/s1. The van der Waals surface area contributed by atoms with Gasteiger partial charge in [-0.05, 0) is 61.4 Å². The van der Waals surface area contributed by atoms with Gasteiger partial charge in [-0.1, -0.05) is 57.3 Å². The molecule has 0 spiro atoms. The minimum Gasteiger partial charge on any atom is -0.453 e. The van der Waals surface area contributed by atoms with Crippen LogP contribution in [0.15, 0.2) is 59.1 Å². The molecule has 2 atom stereocenters. The summed E-state index contributed by atoms with van der Waals surface area (Å²) in [4.78, 5) is 52.7. The summed E-state index contributed by atoms with van der Waals surface area (Å²) in [5.74, 6) is -5.07. The lowest BCUT2D eigenvalue weighted by Crippen LogP contribution is -2.38. The van der Waals surface area contributed by atoms with E-state index in [0.717, 1.165) is 15.6 Å². The van der Waals surface area contributed by atoms with Gasteiger partial charge in [-0.3, -0.25) is 14.4 Å². The fourth-order valence-corrected chi connectivity index (χ4v) is 5.05. The molecule has 0 radical (unpaired) electrons. The van der Waals surface area contributed by atoms with E-state index in [4.69, 9.17) is 27.9 Å². The normalized spacial score (nSPS) is 15.2. The van der Waals surface area contributed by atoms with Gasteiger partial charge < -0.3 is 10.1 Å². The van der Waals surface area contributed by atoms with Gasteiger partial charge in [0.05, 0.1) is 15.6 Å². The molecule has 3 aromatic carbocycles. The minimum atomic E-state index is -1.63. The molecule has 3 aromatic rings. The van der Waals surface area contributed by atoms with Crippen molar-refractivity contribution in [2.24, 2.45) is 5.92 Å². The Bertz CT molecular complexity index is 1380. The van der Waals surface area contributed by atoms with Crippen molar-refractivity contribution in [3.05, 3.63) is 96.9 Å². The highest BCUT2D eigenvalue weighted by atomic mass is 79.9. The van der Waals surface area contributed by atoms with Crippen molar-refractivity contribution in [2.45, 2.75) is 20.0 Å². The van der Waals surface area contributed by atoms with Crippen molar-refractivity contribution in [1.82, 2.24) is 0 Å². The molecular formula is C26H18BrCl2NO5. The number of fused-ring (bicyclic) bond motifs is 1. The van der Waals surface area contributed by atoms with Gasteiger partial charge in [-0.25, -0.2) is 4.79 Å². The Hall–Kier alpha value is -3.00. The first kappa shape index (κ1) is 25.1. The molecule has 4 rings (SSSR count). The topological polar surface area (TPSA) is 89.5 Å². The van der Waals surface area contributed by atoms with E-state index in [1.54, 1.807) is 44.2 Å². The van der Waals surface area contributed by atoms with Crippen molar-refractivity contribution in [3.63, 3.8) is 0 Å². The number of cyclic esters (lactones) is 1. The summed E-state index contributed by atoms with van der Waals surface area (Å²) in [5, 5.41) is 2.96. The quantitative estimate of drug-likeness (QED) is 0.162. The van der Waals surface area contributed by atoms with Crippen molar-refractivity contribution in [1.29, 1.82) is 0 Å². The van der Waals surface area contributed by atoms with Crippen LogP contribution in [0.3, 0.4) is 0 Å². The number of Topliss-reactive ketones (excluding diaryl/α,β-unsaturated/α-hetero) is 2. The molecule has 0 aromatic heterocycles. The van der Waals surface area contributed by atoms with Gasteiger partial charge in [0, 0.05) is 21.3 Å². The molecule has 35 heavy (non-hydrogen) atoms. The Morgan fingerprint density at radius 2 is 1.63 bits per heavy atom. The lowest BCUT2D eigenvalue weighted by atomic mass is 9.84. The first-order valence-electron chi connectivity index (χ1n) is 10.5. The van der Waals surface area contributed by atoms with Crippen LogP contribution in [0.2, 0.25) is 10.0 Å². The lowest BCUT2D eigenvalue weighted by molar-refractivity contribution is -0.138. The second kappa shape index (κ2) is 9.93. The summed E-state index contributed by atoms with van der Waals surface area (Å²) in [5.41, 5.74) is 2.55. The molecular weight excluding hydrogens is 557 g/mol. The van der Waals surface area contributed by atoms with E-state index in [2.05, 4.69) is 21.2 Å². The van der Waals surface area contributed by atoms with E-state index >= 15 is 0 Å². The van der Waals surface area contributed by atoms with Crippen LogP contribution >= 0.6 is 39.1 Å². The molecule has 178 valence electrons. The number of ketones is 2. The van der Waals surface area contributed by atoms with Crippen molar-refractivity contribution < 1.29 is 23.9 Å². The number of hydrogen-bond acceptors (Lipinski definition) is 5. The number of ether oxygens (including phenoxy) is 1. The maximum atomic E-state index is 13.6. The molecule has 1 aliphatic rings. The number of nitrogens with one attached hydrogen (secondary N) is 1. The number of hydrogen-bond donors (Lipinski definition) is 1. The number of rotatable bonds is 6. The highest BCUT2D eigenvalue weighted by Crippen LogP contribution is 2.39. The number of esters is 1. The molecule has 1 amide bonds. The number of benzene rings is 3. The molecule has 0 saturated carbocycles. The zero-order valence-corrected chi connectivity index (χ0v) is 21.6. The predicted octanol–water partition coefficient (Wildman–Crippen LogP) is 6.29. The third kappa shape index (κ3) is 4.89. The SMILES string of the molecule is Cc1cc(Br)cc(C)c1NC(=O)C(=O)[C@H](C(=O)c1ccc(Cl)c(Cl)c1)[C@H]1OC(=O)c2ccccc21. The molecule has 0 unspecified atom stereocenters.